The Hall–Kier alpha value is -0.300. The molecule has 0 N–H and O–H groups in total. The van der Waals surface area contributed by atoms with Crippen LogP contribution in [0.5, 0.6) is 0 Å². The molecule has 1 fully saturated rings. The zero-order valence-electron chi connectivity index (χ0n) is 11.5. The molecule has 0 amide bonds. The van der Waals surface area contributed by atoms with Gasteiger partial charge in [0.25, 0.3) is 0 Å². The van der Waals surface area contributed by atoms with Gasteiger partial charge in [0.15, 0.2) is 0 Å². The summed E-state index contributed by atoms with van der Waals surface area (Å²) in [5.74, 6) is 1.01. The molecule has 0 nitrogen and oxygen atoms in total. The van der Waals surface area contributed by atoms with Crippen LogP contribution in [-0.4, -0.2) is 4.83 Å². The maximum atomic E-state index is 3.88. The molecule has 0 bridgehead atoms. The van der Waals surface area contributed by atoms with Crippen molar-refractivity contribution in [1.82, 2.24) is 0 Å². The van der Waals surface area contributed by atoms with Crippen molar-refractivity contribution in [3.63, 3.8) is 0 Å². The molecular weight excluding hydrogens is 284 g/mol. The van der Waals surface area contributed by atoms with Gasteiger partial charge in [0.2, 0.25) is 0 Å². The highest BCUT2D eigenvalue weighted by atomic mass is 79.9. The van der Waals surface area contributed by atoms with Gasteiger partial charge >= 0.3 is 0 Å². The second-order valence-electron chi connectivity index (χ2n) is 5.81. The molecular formula is C17H25Br. The van der Waals surface area contributed by atoms with Gasteiger partial charge in [-0.3, -0.25) is 0 Å². The van der Waals surface area contributed by atoms with E-state index < -0.39 is 0 Å². The Morgan fingerprint density at radius 2 is 1.89 bits per heavy atom. The van der Waals surface area contributed by atoms with E-state index in [4.69, 9.17) is 0 Å². The molecule has 1 saturated carbocycles. The number of alkyl halides is 1. The summed E-state index contributed by atoms with van der Waals surface area (Å²) in [6, 6.07) is 8.77. The first-order valence-electron chi connectivity index (χ1n) is 7.44. The summed E-state index contributed by atoms with van der Waals surface area (Å²) in [4.78, 5) is 0.653. The molecule has 1 aromatic rings. The standard InChI is InChI=1S/C17H25Br/c1-14-7-5-6-10-16(14)13-17(18)12-11-15-8-3-2-4-9-15/h5-7,10,15,17H,2-4,8-9,11-13H2,1H3. The molecule has 18 heavy (non-hydrogen) atoms. The number of rotatable bonds is 5. The molecule has 0 heterocycles. The topological polar surface area (TPSA) is 0 Å². The summed E-state index contributed by atoms with van der Waals surface area (Å²) in [5.41, 5.74) is 2.93. The molecule has 1 heteroatoms. The van der Waals surface area contributed by atoms with Crippen molar-refractivity contribution in [2.75, 3.05) is 0 Å². The first kappa shape index (κ1) is 14.1. The van der Waals surface area contributed by atoms with Crippen molar-refractivity contribution in [2.45, 2.75) is 63.1 Å². The first-order chi connectivity index (χ1) is 8.75. The molecule has 1 aliphatic rings. The average molecular weight is 309 g/mol. The smallest absolute Gasteiger partial charge is 0.0186 e. The SMILES string of the molecule is Cc1ccccc1CC(Br)CCC1CCCCC1. The highest BCUT2D eigenvalue weighted by Gasteiger charge is 2.15. The fourth-order valence-electron chi connectivity index (χ4n) is 3.07. The normalized spacial score (nSPS) is 18.8. The Balaban J connectivity index is 1.74. The zero-order chi connectivity index (χ0) is 12.8. The molecule has 1 atom stereocenters. The van der Waals surface area contributed by atoms with Crippen LogP contribution >= 0.6 is 15.9 Å². The number of hydrogen-bond donors (Lipinski definition) is 0. The van der Waals surface area contributed by atoms with Crippen molar-refractivity contribution in [3.05, 3.63) is 35.4 Å². The van der Waals surface area contributed by atoms with Crippen LogP contribution in [0.2, 0.25) is 0 Å². The summed E-state index contributed by atoms with van der Waals surface area (Å²) in [7, 11) is 0. The van der Waals surface area contributed by atoms with E-state index in [1.54, 1.807) is 0 Å². The monoisotopic (exact) mass is 308 g/mol. The molecule has 1 aromatic carbocycles. The van der Waals surface area contributed by atoms with Crippen molar-refractivity contribution in [3.8, 4) is 0 Å². The second-order valence-corrected chi connectivity index (χ2v) is 7.10. The fraction of sp³-hybridized carbons (Fsp3) is 0.647. The molecule has 0 aromatic heterocycles. The van der Waals surface area contributed by atoms with Gasteiger partial charge in [0.05, 0.1) is 0 Å². The maximum Gasteiger partial charge on any atom is 0.0186 e. The molecule has 0 aliphatic heterocycles. The summed E-state index contributed by atoms with van der Waals surface area (Å²) < 4.78 is 0. The van der Waals surface area contributed by atoms with Crippen LogP contribution < -0.4 is 0 Å². The van der Waals surface area contributed by atoms with E-state index in [9.17, 15) is 0 Å². The Morgan fingerprint density at radius 1 is 1.17 bits per heavy atom. The van der Waals surface area contributed by atoms with E-state index in [2.05, 4.69) is 47.1 Å². The van der Waals surface area contributed by atoms with Crippen molar-refractivity contribution < 1.29 is 0 Å². The van der Waals surface area contributed by atoms with Crippen LogP contribution in [0.15, 0.2) is 24.3 Å². The predicted octanol–water partition coefficient (Wildman–Crippen LogP) is 5.66. The molecule has 0 spiro atoms. The predicted molar refractivity (Wildman–Crippen MR) is 83.4 cm³/mol. The van der Waals surface area contributed by atoms with Gasteiger partial charge in [0, 0.05) is 4.83 Å². The summed E-state index contributed by atoms with van der Waals surface area (Å²) >= 11 is 3.88. The first-order valence-corrected chi connectivity index (χ1v) is 8.36. The molecule has 1 unspecified atom stereocenters. The number of hydrogen-bond acceptors (Lipinski definition) is 0. The van der Waals surface area contributed by atoms with E-state index >= 15 is 0 Å². The minimum atomic E-state index is 0.653. The van der Waals surface area contributed by atoms with E-state index in [0.717, 1.165) is 5.92 Å². The van der Waals surface area contributed by atoms with E-state index in [-0.39, 0.29) is 0 Å². The molecule has 0 saturated heterocycles. The van der Waals surface area contributed by atoms with Crippen molar-refractivity contribution >= 4 is 15.9 Å². The lowest BCUT2D eigenvalue weighted by Gasteiger charge is -2.22. The van der Waals surface area contributed by atoms with Crippen molar-refractivity contribution in [2.24, 2.45) is 5.92 Å². The Kier molecular flexibility index (Phi) is 5.75. The largest absolute Gasteiger partial charge is 0.0887 e. The van der Waals surface area contributed by atoms with Gasteiger partial charge in [-0.05, 0) is 43.2 Å². The highest BCUT2D eigenvalue weighted by molar-refractivity contribution is 9.09. The van der Waals surface area contributed by atoms with Crippen LogP contribution in [-0.2, 0) is 6.42 Å². The lowest BCUT2D eigenvalue weighted by molar-refractivity contribution is 0.331. The number of halogens is 1. The summed E-state index contributed by atoms with van der Waals surface area (Å²) in [5, 5.41) is 0. The van der Waals surface area contributed by atoms with Crippen LogP contribution in [0.25, 0.3) is 0 Å². The van der Waals surface area contributed by atoms with Gasteiger partial charge in [-0.1, -0.05) is 72.3 Å². The average Bonchev–Trinajstić information content (AvgIpc) is 2.40. The third-order valence-electron chi connectivity index (χ3n) is 4.32. The third kappa shape index (κ3) is 4.42. The van der Waals surface area contributed by atoms with Gasteiger partial charge in [-0.15, -0.1) is 0 Å². The van der Waals surface area contributed by atoms with Crippen molar-refractivity contribution in [1.29, 1.82) is 0 Å². The lowest BCUT2D eigenvalue weighted by Crippen LogP contribution is -2.10. The molecule has 0 radical (unpaired) electrons. The van der Waals surface area contributed by atoms with Crippen LogP contribution in [0.4, 0.5) is 0 Å². The molecule has 1 aliphatic carbocycles. The zero-order valence-corrected chi connectivity index (χ0v) is 13.1. The van der Waals surface area contributed by atoms with E-state index in [1.165, 1.54) is 62.5 Å². The van der Waals surface area contributed by atoms with Gasteiger partial charge in [0.1, 0.15) is 0 Å². The third-order valence-corrected chi connectivity index (χ3v) is 5.10. The van der Waals surface area contributed by atoms with Crippen LogP contribution in [0.3, 0.4) is 0 Å². The quantitative estimate of drug-likeness (QED) is 0.615. The fourth-order valence-corrected chi connectivity index (χ4v) is 3.69. The number of aryl methyl sites for hydroxylation is 1. The Labute approximate surface area is 120 Å². The minimum Gasteiger partial charge on any atom is -0.0887 e. The lowest BCUT2D eigenvalue weighted by atomic mass is 9.85. The molecule has 2 rings (SSSR count). The van der Waals surface area contributed by atoms with Gasteiger partial charge in [-0.25, -0.2) is 0 Å². The summed E-state index contributed by atoms with van der Waals surface area (Å²) in [6.45, 7) is 2.22. The van der Waals surface area contributed by atoms with Gasteiger partial charge in [-0.2, -0.15) is 0 Å². The Morgan fingerprint density at radius 3 is 2.61 bits per heavy atom. The summed E-state index contributed by atoms with van der Waals surface area (Å²) in [6.07, 6.45) is 11.3. The highest BCUT2D eigenvalue weighted by Crippen LogP contribution is 2.29. The van der Waals surface area contributed by atoms with E-state index in [1.807, 2.05) is 0 Å². The minimum absolute atomic E-state index is 0.653. The van der Waals surface area contributed by atoms with Gasteiger partial charge < -0.3 is 0 Å². The van der Waals surface area contributed by atoms with Crippen LogP contribution in [0.1, 0.15) is 56.1 Å². The maximum absolute atomic E-state index is 3.88. The van der Waals surface area contributed by atoms with E-state index in [0.29, 0.717) is 4.83 Å². The number of benzene rings is 1. The second kappa shape index (κ2) is 7.33. The van der Waals surface area contributed by atoms with Crippen LogP contribution in [0, 0.1) is 12.8 Å². The Bertz CT molecular complexity index is 352. The molecule has 100 valence electrons.